The van der Waals surface area contributed by atoms with Crippen molar-refractivity contribution >= 4 is 5.91 Å². The first kappa shape index (κ1) is 9.82. The lowest BCUT2D eigenvalue weighted by atomic mass is 10.1. The van der Waals surface area contributed by atoms with Crippen molar-refractivity contribution in [3.05, 3.63) is 30.1 Å². The average molecular weight is 216 g/mol. The van der Waals surface area contributed by atoms with E-state index in [4.69, 9.17) is 0 Å². The van der Waals surface area contributed by atoms with Crippen LogP contribution in [0.4, 0.5) is 0 Å². The van der Waals surface area contributed by atoms with Gasteiger partial charge in [-0.15, -0.1) is 0 Å². The Morgan fingerprint density at radius 1 is 1.38 bits per heavy atom. The maximum atomic E-state index is 12.1. The number of carbonyl (C=O) groups excluding carboxylic acids is 1. The number of pyridine rings is 1. The average Bonchev–Trinajstić information content (AvgIpc) is 3.06. The van der Waals surface area contributed by atoms with Gasteiger partial charge in [-0.2, -0.15) is 0 Å². The van der Waals surface area contributed by atoms with Gasteiger partial charge in [-0.1, -0.05) is 6.07 Å². The normalized spacial score (nSPS) is 24.8. The highest BCUT2D eigenvalue weighted by Crippen LogP contribution is 2.38. The number of aromatic nitrogens is 1. The molecular weight excluding hydrogens is 200 g/mol. The Bertz CT molecular complexity index is 386. The summed E-state index contributed by atoms with van der Waals surface area (Å²) in [6.45, 7) is 0.925. The molecule has 1 saturated carbocycles. The second-order valence-electron chi connectivity index (χ2n) is 4.75. The van der Waals surface area contributed by atoms with Crippen LogP contribution in [0.1, 0.15) is 37.3 Å². The van der Waals surface area contributed by atoms with Crippen molar-refractivity contribution in [1.82, 2.24) is 9.88 Å². The van der Waals surface area contributed by atoms with E-state index in [1.165, 1.54) is 5.56 Å². The van der Waals surface area contributed by atoms with Crippen LogP contribution in [-0.2, 0) is 4.79 Å². The van der Waals surface area contributed by atoms with Gasteiger partial charge in [0, 0.05) is 24.9 Å². The summed E-state index contributed by atoms with van der Waals surface area (Å²) in [5.74, 6) is 0.698. The number of rotatable bonds is 2. The minimum atomic E-state index is 0.279. The van der Waals surface area contributed by atoms with Crippen LogP contribution in [0, 0.1) is 5.92 Å². The van der Waals surface area contributed by atoms with E-state index < -0.39 is 0 Å². The minimum absolute atomic E-state index is 0.279. The molecule has 1 aliphatic heterocycles. The fraction of sp³-hybridized carbons (Fsp3) is 0.538. The van der Waals surface area contributed by atoms with E-state index in [9.17, 15) is 4.79 Å². The Kier molecular flexibility index (Phi) is 2.39. The Balaban J connectivity index is 1.81. The molecule has 2 aliphatic rings. The van der Waals surface area contributed by atoms with Crippen molar-refractivity contribution in [3.63, 3.8) is 0 Å². The molecule has 3 heteroatoms. The van der Waals surface area contributed by atoms with Gasteiger partial charge in [0.15, 0.2) is 0 Å². The summed E-state index contributed by atoms with van der Waals surface area (Å²) in [4.78, 5) is 18.3. The molecule has 84 valence electrons. The molecular formula is C13H16N2O. The molecule has 1 atom stereocenters. The van der Waals surface area contributed by atoms with Gasteiger partial charge in [-0.25, -0.2) is 0 Å². The van der Waals surface area contributed by atoms with E-state index in [0.29, 0.717) is 11.8 Å². The highest BCUT2D eigenvalue weighted by Gasteiger charge is 2.38. The quantitative estimate of drug-likeness (QED) is 0.759. The first-order chi connectivity index (χ1) is 7.86. The molecule has 2 fully saturated rings. The van der Waals surface area contributed by atoms with Crippen LogP contribution < -0.4 is 0 Å². The number of hydrogen-bond donors (Lipinski definition) is 0. The molecule has 0 spiro atoms. The molecule has 0 bridgehead atoms. The van der Waals surface area contributed by atoms with Crippen LogP contribution in [0.5, 0.6) is 0 Å². The van der Waals surface area contributed by atoms with Gasteiger partial charge in [0.25, 0.3) is 0 Å². The maximum absolute atomic E-state index is 12.1. The van der Waals surface area contributed by atoms with Crippen molar-refractivity contribution in [1.29, 1.82) is 0 Å². The molecule has 0 radical (unpaired) electrons. The number of carbonyl (C=O) groups is 1. The van der Waals surface area contributed by atoms with Crippen LogP contribution in [0.2, 0.25) is 0 Å². The number of nitrogens with zero attached hydrogens (tertiary/aromatic N) is 2. The molecule has 16 heavy (non-hydrogen) atoms. The van der Waals surface area contributed by atoms with Gasteiger partial charge in [0.05, 0.1) is 6.04 Å². The molecule has 1 amide bonds. The zero-order valence-corrected chi connectivity index (χ0v) is 9.30. The highest BCUT2D eigenvalue weighted by molar-refractivity contribution is 5.81. The molecule has 1 aromatic heterocycles. The molecule has 0 aromatic carbocycles. The third kappa shape index (κ3) is 1.70. The molecule has 1 saturated heterocycles. The zero-order valence-electron chi connectivity index (χ0n) is 9.30. The van der Waals surface area contributed by atoms with Crippen molar-refractivity contribution in [3.8, 4) is 0 Å². The van der Waals surface area contributed by atoms with Gasteiger partial charge < -0.3 is 4.90 Å². The standard InChI is InChI=1S/C13H16N2O/c16-13(10-5-6-10)15-8-2-4-12(15)11-3-1-7-14-9-11/h1,3,7,9-10,12H,2,4-6,8H2. The number of amides is 1. The lowest BCUT2D eigenvalue weighted by molar-refractivity contribution is -0.133. The summed E-state index contributed by atoms with van der Waals surface area (Å²) >= 11 is 0. The predicted octanol–water partition coefficient (Wildman–Crippen LogP) is 2.16. The lowest BCUT2D eigenvalue weighted by Gasteiger charge is -2.24. The molecule has 1 aromatic rings. The summed E-state index contributed by atoms with van der Waals surface area (Å²) < 4.78 is 0. The largest absolute Gasteiger partial charge is 0.335 e. The third-order valence-corrected chi connectivity index (χ3v) is 3.53. The fourth-order valence-corrected chi connectivity index (χ4v) is 2.51. The van der Waals surface area contributed by atoms with Crippen molar-refractivity contribution < 1.29 is 4.79 Å². The number of hydrogen-bond acceptors (Lipinski definition) is 2. The Labute approximate surface area is 95.5 Å². The molecule has 1 unspecified atom stereocenters. The smallest absolute Gasteiger partial charge is 0.226 e. The lowest BCUT2D eigenvalue weighted by Crippen LogP contribution is -2.31. The summed E-state index contributed by atoms with van der Waals surface area (Å²) in [6, 6.07) is 4.31. The van der Waals surface area contributed by atoms with E-state index in [1.807, 2.05) is 12.3 Å². The molecule has 2 heterocycles. The van der Waals surface area contributed by atoms with Crippen LogP contribution in [0.25, 0.3) is 0 Å². The van der Waals surface area contributed by atoms with Crippen molar-refractivity contribution in [2.45, 2.75) is 31.7 Å². The first-order valence-corrected chi connectivity index (χ1v) is 6.06. The van der Waals surface area contributed by atoms with Crippen molar-refractivity contribution in [2.75, 3.05) is 6.54 Å². The third-order valence-electron chi connectivity index (χ3n) is 3.53. The van der Waals surface area contributed by atoms with Gasteiger partial charge in [-0.3, -0.25) is 9.78 Å². The van der Waals surface area contributed by atoms with Crippen LogP contribution in [0.15, 0.2) is 24.5 Å². The summed E-state index contributed by atoms with van der Waals surface area (Å²) in [7, 11) is 0. The Morgan fingerprint density at radius 3 is 2.94 bits per heavy atom. The van der Waals surface area contributed by atoms with E-state index in [2.05, 4.69) is 16.0 Å². The summed E-state index contributed by atoms with van der Waals surface area (Å²) in [5, 5.41) is 0. The van der Waals surface area contributed by atoms with Crippen molar-refractivity contribution in [2.24, 2.45) is 5.92 Å². The van der Waals surface area contributed by atoms with Gasteiger partial charge in [-0.05, 0) is 37.3 Å². The van der Waals surface area contributed by atoms with E-state index in [1.54, 1.807) is 6.20 Å². The van der Waals surface area contributed by atoms with Gasteiger partial charge in [0.1, 0.15) is 0 Å². The topological polar surface area (TPSA) is 33.2 Å². The van der Waals surface area contributed by atoms with Gasteiger partial charge in [0.2, 0.25) is 5.91 Å². The highest BCUT2D eigenvalue weighted by atomic mass is 16.2. The molecule has 3 nitrogen and oxygen atoms in total. The Morgan fingerprint density at radius 2 is 2.25 bits per heavy atom. The maximum Gasteiger partial charge on any atom is 0.226 e. The molecule has 3 rings (SSSR count). The van der Waals surface area contributed by atoms with E-state index in [-0.39, 0.29) is 6.04 Å². The minimum Gasteiger partial charge on any atom is -0.335 e. The summed E-state index contributed by atoms with van der Waals surface area (Å²) in [6.07, 6.45) is 8.07. The van der Waals surface area contributed by atoms with Gasteiger partial charge >= 0.3 is 0 Å². The van der Waals surface area contributed by atoms with Crippen LogP contribution in [-0.4, -0.2) is 22.3 Å². The summed E-state index contributed by atoms with van der Waals surface area (Å²) in [5.41, 5.74) is 1.19. The molecule has 0 N–H and O–H groups in total. The first-order valence-electron chi connectivity index (χ1n) is 6.06. The fourth-order valence-electron chi connectivity index (χ4n) is 2.51. The van der Waals surface area contributed by atoms with E-state index >= 15 is 0 Å². The second-order valence-corrected chi connectivity index (χ2v) is 4.75. The second kappa shape index (κ2) is 3.89. The monoisotopic (exact) mass is 216 g/mol. The van der Waals surface area contributed by atoms with Crippen LogP contribution in [0.3, 0.4) is 0 Å². The zero-order chi connectivity index (χ0) is 11.0. The SMILES string of the molecule is O=C(C1CC1)N1CCCC1c1cccnc1. The Hall–Kier alpha value is -1.38. The molecule has 1 aliphatic carbocycles. The number of likely N-dealkylation sites (tertiary alicyclic amines) is 1. The van der Waals surface area contributed by atoms with Crippen LogP contribution >= 0.6 is 0 Å². The van der Waals surface area contributed by atoms with E-state index in [0.717, 1.165) is 32.2 Å². The predicted molar refractivity (Wildman–Crippen MR) is 60.6 cm³/mol.